The number of nitrogens with zero attached hydrogens (tertiary/aromatic N) is 1. The monoisotopic (exact) mass is 301 g/mol. The van der Waals surface area contributed by atoms with E-state index in [-0.39, 0.29) is 0 Å². The van der Waals surface area contributed by atoms with E-state index in [1.807, 2.05) is 12.1 Å². The first-order valence-corrected chi connectivity index (χ1v) is 7.84. The summed E-state index contributed by atoms with van der Waals surface area (Å²) in [5.41, 5.74) is 5.02. The van der Waals surface area contributed by atoms with Gasteiger partial charge in [0.1, 0.15) is 5.75 Å². The Morgan fingerprint density at radius 1 is 1.04 bits per heavy atom. The van der Waals surface area contributed by atoms with Gasteiger partial charge in [-0.15, -0.1) is 6.58 Å². The Morgan fingerprint density at radius 3 is 2.70 bits per heavy atom. The molecule has 0 N–H and O–H groups in total. The lowest BCUT2D eigenvalue weighted by Crippen LogP contribution is -1.94. The van der Waals surface area contributed by atoms with Gasteiger partial charge in [0.2, 0.25) is 0 Å². The lowest BCUT2D eigenvalue weighted by atomic mass is 10.0. The summed E-state index contributed by atoms with van der Waals surface area (Å²) in [7, 11) is 1.71. The maximum atomic E-state index is 5.38. The fourth-order valence-electron chi connectivity index (χ4n) is 3.55. The van der Waals surface area contributed by atoms with Gasteiger partial charge in [-0.2, -0.15) is 0 Å². The molecular formula is C21H19NO. The molecule has 0 atom stereocenters. The van der Waals surface area contributed by atoms with Gasteiger partial charge in [0.15, 0.2) is 0 Å². The van der Waals surface area contributed by atoms with Crippen molar-refractivity contribution in [2.24, 2.45) is 0 Å². The Hall–Kier alpha value is -2.74. The van der Waals surface area contributed by atoms with Crippen LogP contribution in [0.15, 0.2) is 61.2 Å². The van der Waals surface area contributed by atoms with E-state index in [0.29, 0.717) is 0 Å². The first-order valence-electron chi connectivity index (χ1n) is 7.84. The molecular weight excluding hydrogens is 282 g/mol. The van der Waals surface area contributed by atoms with Crippen LogP contribution in [0.4, 0.5) is 0 Å². The molecule has 0 saturated heterocycles. The average molecular weight is 301 g/mol. The molecule has 2 nitrogen and oxygen atoms in total. The van der Waals surface area contributed by atoms with E-state index in [2.05, 4.69) is 60.4 Å². The fraction of sp³-hybridized carbons (Fsp3) is 0.143. The van der Waals surface area contributed by atoms with Gasteiger partial charge in [0.25, 0.3) is 0 Å². The van der Waals surface area contributed by atoms with Crippen LogP contribution < -0.4 is 4.74 Å². The van der Waals surface area contributed by atoms with Crippen molar-refractivity contribution < 1.29 is 4.74 Å². The molecule has 114 valence electrons. The topological polar surface area (TPSA) is 13.6 Å². The second kappa shape index (κ2) is 5.17. The Labute approximate surface area is 135 Å². The molecule has 0 radical (unpaired) electrons. The maximum Gasteiger partial charge on any atom is 0.119 e. The molecule has 0 saturated carbocycles. The zero-order chi connectivity index (χ0) is 16.0. The van der Waals surface area contributed by atoms with Gasteiger partial charge < -0.3 is 9.14 Å². The number of allylic oxidation sites excluding steroid dienone is 1. The molecule has 0 amide bonds. The van der Waals surface area contributed by atoms with Crippen molar-refractivity contribution >= 4 is 27.2 Å². The van der Waals surface area contributed by atoms with E-state index < -0.39 is 0 Å². The third-order valence-corrected chi connectivity index (χ3v) is 4.53. The van der Waals surface area contributed by atoms with Gasteiger partial charge in [-0.25, -0.2) is 0 Å². The molecule has 2 heteroatoms. The van der Waals surface area contributed by atoms with Crippen molar-refractivity contribution in [1.82, 2.24) is 4.40 Å². The minimum atomic E-state index is 0.876. The van der Waals surface area contributed by atoms with Crippen LogP contribution in [0.1, 0.15) is 11.3 Å². The highest BCUT2D eigenvalue weighted by Crippen LogP contribution is 2.32. The fourth-order valence-corrected chi connectivity index (χ4v) is 3.55. The van der Waals surface area contributed by atoms with E-state index in [0.717, 1.165) is 12.2 Å². The third kappa shape index (κ3) is 2.02. The predicted molar refractivity (Wildman–Crippen MR) is 97.6 cm³/mol. The van der Waals surface area contributed by atoms with Crippen molar-refractivity contribution in [1.29, 1.82) is 0 Å². The molecule has 23 heavy (non-hydrogen) atoms. The number of rotatable bonds is 3. The quantitative estimate of drug-likeness (QED) is 0.469. The zero-order valence-corrected chi connectivity index (χ0v) is 13.5. The Bertz CT molecular complexity index is 1060. The average Bonchev–Trinajstić information content (AvgIpc) is 2.94. The first-order chi connectivity index (χ1) is 11.2. The van der Waals surface area contributed by atoms with Gasteiger partial charge in [0.05, 0.1) is 18.1 Å². The van der Waals surface area contributed by atoms with Gasteiger partial charge in [-0.05, 0) is 54.6 Å². The second-order valence-electron chi connectivity index (χ2n) is 5.95. The molecule has 4 rings (SSSR count). The van der Waals surface area contributed by atoms with E-state index >= 15 is 0 Å². The van der Waals surface area contributed by atoms with Crippen molar-refractivity contribution in [3.63, 3.8) is 0 Å². The lowest BCUT2D eigenvalue weighted by molar-refractivity contribution is 0.415. The van der Waals surface area contributed by atoms with Crippen LogP contribution in [0.25, 0.3) is 27.2 Å². The van der Waals surface area contributed by atoms with Crippen molar-refractivity contribution in [2.45, 2.75) is 13.3 Å². The first kappa shape index (κ1) is 13.9. The van der Waals surface area contributed by atoms with Gasteiger partial charge >= 0.3 is 0 Å². The standard InChI is InChI=1S/C21H19NO/c1-4-6-15-7-5-8-16-11-14(2)22-19-10-9-18(23-3)12-17(19)13-20(22)21(15)16/h4-5,7-13H,1,6H2,2-3H3. The van der Waals surface area contributed by atoms with E-state index in [1.54, 1.807) is 7.11 Å². The minimum absolute atomic E-state index is 0.876. The highest BCUT2D eigenvalue weighted by Gasteiger charge is 2.12. The summed E-state index contributed by atoms with van der Waals surface area (Å²) in [5, 5.41) is 3.80. The highest BCUT2D eigenvalue weighted by molar-refractivity contribution is 6.04. The number of ether oxygens (including phenoxy) is 1. The van der Waals surface area contributed by atoms with Crippen LogP contribution in [0.5, 0.6) is 5.75 Å². The molecule has 0 bridgehead atoms. The van der Waals surface area contributed by atoms with Gasteiger partial charge in [-0.3, -0.25) is 0 Å². The van der Waals surface area contributed by atoms with Crippen LogP contribution >= 0.6 is 0 Å². The van der Waals surface area contributed by atoms with Crippen LogP contribution in [0.3, 0.4) is 0 Å². The number of hydrogen-bond acceptors (Lipinski definition) is 1. The number of pyridine rings is 1. The van der Waals surface area contributed by atoms with Gasteiger partial charge in [0, 0.05) is 16.5 Å². The summed E-state index contributed by atoms with van der Waals surface area (Å²) >= 11 is 0. The number of methoxy groups -OCH3 is 1. The van der Waals surface area contributed by atoms with Crippen LogP contribution in [-0.4, -0.2) is 11.5 Å². The molecule has 0 aliphatic heterocycles. The molecule has 4 aromatic rings. The predicted octanol–water partition coefficient (Wildman–Crippen LogP) is 5.29. The lowest BCUT2D eigenvalue weighted by Gasteiger charge is -2.11. The summed E-state index contributed by atoms with van der Waals surface area (Å²) in [6.07, 6.45) is 2.84. The molecule has 2 heterocycles. The number of aromatic nitrogens is 1. The normalized spacial score (nSPS) is 11.4. The van der Waals surface area contributed by atoms with Gasteiger partial charge in [-0.1, -0.05) is 24.3 Å². The summed E-state index contributed by atoms with van der Waals surface area (Å²) < 4.78 is 7.71. The molecule has 0 unspecified atom stereocenters. The molecule has 0 aliphatic carbocycles. The summed E-state index contributed by atoms with van der Waals surface area (Å²) in [4.78, 5) is 0. The maximum absolute atomic E-state index is 5.38. The largest absolute Gasteiger partial charge is 0.497 e. The second-order valence-corrected chi connectivity index (χ2v) is 5.95. The highest BCUT2D eigenvalue weighted by atomic mass is 16.5. The number of fused-ring (bicyclic) bond motifs is 5. The van der Waals surface area contributed by atoms with Crippen molar-refractivity contribution in [3.05, 3.63) is 72.4 Å². The Morgan fingerprint density at radius 2 is 1.91 bits per heavy atom. The SMILES string of the molecule is C=CCc1cccc2cc(C)n3c4ccc(OC)cc4cc3c12. The van der Waals surface area contributed by atoms with Crippen molar-refractivity contribution in [3.8, 4) is 5.75 Å². The summed E-state index contributed by atoms with van der Waals surface area (Å²) in [6, 6.07) is 17.3. The molecule has 0 fully saturated rings. The van der Waals surface area contributed by atoms with Crippen LogP contribution in [0, 0.1) is 6.92 Å². The molecule has 0 aliphatic rings. The minimum Gasteiger partial charge on any atom is -0.497 e. The van der Waals surface area contributed by atoms with E-state index in [4.69, 9.17) is 4.74 Å². The van der Waals surface area contributed by atoms with Crippen LogP contribution in [-0.2, 0) is 6.42 Å². The van der Waals surface area contributed by atoms with E-state index in [1.165, 1.54) is 38.4 Å². The van der Waals surface area contributed by atoms with Crippen molar-refractivity contribution in [2.75, 3.05) is 7.11 Å². The zero-order valence-electron chi connectivity index (χ0n) is 13.5. The smallest absolute Gasteiger partial charge is 0.119 e. The van der Waals surface area contributed by atoms with Crippen LogP contribution in [0.2, 0.25) is 0 Å². The summed E-state index contributed by atoms with van der Waals surface area (Å²) in [5.74, 6) is 0.890. The molecule has 0 spiro atoms. The Kier molecular flexibility index (Phi) is 3.12. The Balaban J connectivity index is 2.21. The molecule has 2 aromatic heterocycles. The summed E-state index contributed by atoms with van der Waals surface area (Å²) in [6.45, 7) is 6.07. The number of hydrogen-bond donors (Lipinski definition) is 0. The number of aryl methyl sites for hydroxylation is 1. The third-order valence-electron chi connectivity index (χ3n) is 4.53. The van der Waals surface area contributed by atoms with E-state index in [9.17, 15) is 0 Å². The molecule has 2 aromatic carbocycles. The number of benzene rings is 2.